The lowest BCUT2D eigenvalue weighted by atomic mass is 10.1. The summed E-state index contributed by atoms with van der Waals surface area (Å²) in [5, 5.41) is 13.0. The molecule has 1 aliphatic carbocycles. The van der Waals surface area contributed by atoms with Crippen LogP contribution >= 0.6 is 12.4 Å². The van der Waals surface area contributed by atoms with Crippen molar-refractivity contribution in [1.82, 2.24) is 20.4 Å². The molecule has 0 aromatic carbocycles. The van der Waals surface area contributed by atoms with Gasteiger partial charge < -0.3 is 16.0 Å². The maximum Gasteiger partial charge on any atom is 0.241 e. The molecule has 116 valence electrons. The third-order valence-corrected chi connectivity index (χ3v) is 3.58. The van der Waals surface area contributed by atoms with Gasteiger partial charge in [0.15, 0.2) is 0 Å². The van der Waals surface area contributed by atoms with Gasteiger partial charge in [0, 0.05) is 18.8 Å². The van der Waals surface area contributed by atoms with Crippen molar-refractivity contribution in [1.29, 1.82) is 0 Å². The predicted octanol–water partition coefficient (Wildman–Crippen LogP) is 0.131. The van der Waals surface area contributed by atoms with Gasteiger partial charge in [-0.2, -0.15) is 5.10 Å². The first-order valence-electron chi connectivity index (χ1n) is 7.04. The standard InChI is InChI=1S/C13H19N5O2.ClH/c19-12(16-10-1-2-10)8-18-7-11(6-15-18)17-13(20)9-3-4-14-5-9;/h6-7,9-10,14H,1-5,8H2,(H,16,19)(H,17,20);1H. The SMILES string of the molecule is Cl.O=C(Cn1cc(NC(=O)C2CCNC2)cn1)NC1CC1. The molecule has 3 N–H and O–H groups in total. The van der Waals surface area contributed by atoms with E-state index in [0.29, 0.717) is 11.7 Å². The molecule has 1 saturated carbocycles. The molecule has 1 aliphatic heterocycles. The minimum Gasteiger partial charge on any atom is -0.352 e. The van der Waals surface area contributed by atoms with E-state index in [1.54, 1.807) is 17.1 Å². The predicted molar refractivity (Wildman–Crippen MR) is 80.2 cm³/mol. The van der Waals surface area contributed by atoms with Gasteiger partial charge in [-0.15, -0.1) is 12.4 Å². The van der Waals surface area contributed by atoms with Gasteiger partial charge in [-0.3, -0.25) is 14.3 Å². The Labute approximate surface area is 129 Å². The molecule has 1 aromatic rings. The van der Waals surface area contributed by atoms with E-state index < -0.39 is 0 Å². The van der Waals surface area contributed by atoms with Crippen LogP contribution in [0.1, 0.15) is 19.3 Å². The van der Waals surface area contributed by atoms with Crippen molar-refractivity contribution >= 4 is 29.9 Å². The molecule has 1 atom stereocenters. The van der Waals surface area contributed by atoms with Crippen molar-refractivity contribution in [2.45, 2.75) is 31.8 Å². The Balaban J connectivity index is 0.00000161. The highest BCUT2D eigenvalue weighted by Gasteiger charge is 2.24. The average Bonchev–Trinajstić information content (AvgIpc) is 2.93. The fourth-order valence-electron chi connectivity index (χ4n) is 2.29. The summed E-state index contributed by atoms with van der Waals surface area (Å²) >= 11 is 0. The first-order valence-corrected chi connectivity index (χ1v) is 7.04. The summed E-state index contributed by atoms with van der Waals surface area (Å²) in [4.78, 5) is 23.6. The lowest BCUT2D eigenvalue weighted by molar-refractivity contribution is -0.122. The summed E-state index contributed by atoms with van der Waals surface area (Å²) in [6.45, 7) is 1.81. The Morgan fingerprint density at radius 1 is 1.38 bits per heavy atom. The molecule has 21 heavy (non-hydrogen) atoms. The zero-order valence-electron chi connectivity index (χ0n) is 11.7. The number of hydrogen-bond acceptors (Lipinski definition) is 4. The van der Waals surface area contributed by atoms with Gasteiger partial charge in [-0.25, -0.2) is 0 Å². The van der Waals surface area contributed by atoms with Crippen LogP contribution in [-0.4, -0.2) is 40.7 Å². The highest BCUT2D eigenvalue weighted by atomic mass is 35.5. The normalized spacial score (nSPS) is 20.7. The molecule has 2 fully saturated rings. The van der Waals surface area contributed by atoms with E-state index in [2.05, 4.69) is 21.0 Å². The van der Waals surface area contributed by atoms with Gasteiger partial charge in [0.05, 0.1) is 17.8 Å². The van der Waals surface area contributed by atoms with Crippen molar-refractivity contribution in [2.24, 2.45) is 5.92 Å². The number of hydrogen-bond donors (Lipinski definition) is 3. The maximum absolute atomic E-state index is 11.9. The summed E-state index contributed by atoms with van der Waals surface area (Å²) in [5.41, 5.74) is 0.640. The fraction of sp³-hybridized carbons (Fsp3) is 0.615. The molecule has 7 nitrogen and oxygen atoms in total. The van der Waals surface area contributed by atoms with Crippen LogP contribution in [0.3, 0.4) is 0 Å². The summed E-state index contributed by atoms with van der Waals surface area (Å²) in [6.07, 6.45) is 6.27. The third kappa shape index (κ3) is 4.44. The van der Waals surface area contributed by atoms with Crippen molar-refractivity contribution in [3.63, 3.8) is 0 Å². The van der Waals surface area contributed by atoms with E-state index in [4.69, 9.17) is 0 Å². The lowest BCUT2D eigenvalue weighted by Gasteiger charge is -2.07. The van der Waals surface area contributed by atoms with Gasteiger partial charge in [0.2, 0.25) is 11.8 Å². The number of nitrogens with one attached hydrogen (secondary N) is 3. The molecule has 1 unspecified atom stereocenters. The Morgan fingerprint density at radius 2 is 2.19 bits per heavy atom. The molecule has 2 aliphatic rings. The number of halogens is 1. The summed E-state index contributed by atoms with van der Waals surface area (Å²) in [5.74, 6) is 0.00182. The van der Waals surface area contributed by atoms with Crippen LogP contribution in [0.25, 0.3) is 0 Å². The molecular formula is C13H20ClN5O2. The van der Waals surface area contributed by atoms with Crippen LogP contribution in [0, 0.1) is 5.92 Å². The Morgan fingerprint density at radius 3 is 2.86 bits per heavy atom. The number of nitrogens with zero attached hydrogens (tertiary/aromatic N) is 2. The lowest BCUT2D eigenvalue weighted by Crippen LogP contribution is -2.29. The van der Waals surface area contributed by atoms with Crippen molar-refractivity contribution in [3.8, 4) is 0 Å². The summed E-state index contributed by atoms with van der Waals surface area (Å²) in [7, 11) is 0. The van der Waals surface area contributed by atoms with Crippen molar-refractivity contribution in [2.75, 3.05) is 18.4 Å². The van der Waals surface area contributed by atoms with E-state index in [1.165, 1.54) is 0 Å². The van der Waals surface area contributed by atoms with Gasteiger partial charge in [-0.05, 0) is 25.8 Å². The zero-order chi connectivity index (χ0) is 13.9. The quantitative estimate of drug-likeness (QED) is 0.721. The van der Waals surface area contributed by atoms with E-state index in [9.17, 15) is 9.59 Å². The van der Waals surface area contributed by atoms with Gasteiger partial charge in [0.25, 0.3) is 0 Å². The number of carbonyl (C=O) groups is 2. The van der Waals surface area contributed by atoms with Crippen LogP contribution in [0.4, 0.5) is 5.69 Å². The highest BCUT2D eigenvalue weighted by Crippen LogP contribution is 2.18. The molecule has 2 amide bonds. The van der Waals surface area contributed by atoms with Crippen molar-refractivity contribution < 1.29 is 9.59 Å². The minimum absolute atomic E-state index is 0. The molecular weight excluding hydrogens is 294 g/mol. The Kier molecular flexibility index (Phi) is 5.19. The molecule has 0 radical (unpaired) electrons. The molecule has 3 rings (SSSR count). The zero-order valence-corrected chi connectivity index (χ0v) is 12.5. The fourth-order valence-corrected chi connectivity index (χ4v) is 2.29. The van der Waals surface area contributed by atoms with E-state index >= 15 is 0 Å². The molecule has 2 heterocycles. The smallest absolute Gasteiger partial charge is 0.241 e. The Hall–Kier alpha value is -1.60. The van der Waals surface area contributed by atoms with Gasteiger partial charge in [-0.1, -0.05) is 0 Å². The second-order valence-electron chi connectivity index (χ2n) is 5.45. The molecule has 8 heteroatoms. The van der Waals surface area contributed by atoms with Crippen LogP contribution in [0.15, 0.2) is 12.4 Å². The minimum atomic E-state index is -0.0338. The molecule has 1 aromatic heterocycles. The van der Waals surface area contributed by atoms with Gasteiger partial charge in [0.1, 0.15) is 6.54 Å². The molecule has 1 saturated heterocycles. The second kappa shape index (κ2) is 6.91. The number of rotatable bonds is 5. The third-order valence-electron chi connectivity index (χ3n) is 3.58. The first kappa shape index (κ1) is 15.8. The average molecular weight is 314 g/mol. The van der Waals surface area contributed by atoms with Crippen LogP contribution in [0.2, 0.25) is 0 Å². The van der Waals surface area contributed by atoms with Gasteiger partial charge >= 0.3 is 0 Å². The molecule has 0 bridgehead atoms. The van der Waals surface area contributed by atoms with Crippen LogP contribution < -0.4 is 16.0 Å². The second-order valence-corrected chi connectivity index (χ2v) is 5.45. The van der Waals surface area contributed by atoms with E-state index in [0.717, 1.165) is 32.4 Å². The summed E-state index contributed by atoms with van der Waals surface area (Å²) < 4.78 is 1.54. The van der Waals surface area contributed by atoms with Crippen LogP contribution in [0.5, 0.6) is 0 Å². The highest BCUT2D eigenvalue weighted by molar-refractivity contribution is 5.92. The number of anilines is 1. The Bertz CT molecular complexity index is 508. The number of carbonyl (C=O) groups excluding carboxylic acids is 2. The largest absolute Gasteiger partial charge is 0.352 e. The first-order chi connectivity index (χ1) is 9.70. The summed E-state index contributed by atoms with van der Waals surface area (Å²) in [6, 6.07) is 0.354. The monoisotopic (exact) mass is 313 g/mol. The van der Waals surface area contributed by atoms with E-state index in [1.807, 2.05) is 0 Å². The van der Waals surface area contributed by atoms with Crippen LogP contribution in [-0.2, 0) is 16.1 Å². The van der Waals surface area contributed by atoms with Crippen molar-refractivity contribution in [3.05, 3.63) is 12.4 Å². The number of amides is 2. The number of aromatic nitrogens is 2. The topological polar surface area (TPSA) is 88.1 Å². The maximum atomic E-state index is 11.9. The van der Waals surface area contributed by atoms with E-state index in [-0.39, 0.29) is 36.7 Å². The molecule has 0 spiro atoms.